The van der Waals surface area contributed by atoms with Gasteiger partial charge in [0.05, 0.1) is 7.11 Å². The van der Waals surface area contributed by atoms with Gasteiger partial charge in [0.15, 0.2) is 0 Å². The number of rotatable bonds is 5. The van der Waals surface area contributed by atoms with Gasteiger partial charge in [0.25, 0.3) is 5.95 Å². The Balaban J connectivity index is 2.13. The van der Waals surface area contributed by atoms with Crippen molar-refractivity contribution in [2.24, 2.45) is 0 Å². The third-order valence-corrected chi connectivity index (χ3v) is 3.24. The van der Waals surface area contributed by atoms with Crippen molar-refractivity contribution in [1.82, 2.24) is 0 Å². The Hall–Kier alpha value is -1.71. The van der Waals surface area contributed by atoms with E-state index in [4.69, 9.17) is 14.2 Å². The summed E-state index contributed by atoms with van der Waals surface area (Å²) in [4.78, 5) is 11.6. The molecule has 0 amide bonds. The maximum atomic E-state index is 11.6. The highest BCUT2D eigenvalue weighted by Gasteiger charge is 2.20. The molecular formula is C15H20O4. The summed E-state index contributed by atoms with van der Waals surface area (Å²) in [6, 6.07) is 0. The van der Waals surface area contributed by atoms with Crippen LogP contribution in [-0.2, 0) is 19.0 Å². The van der Waals surface area contributed by atoms with Crippen LogP contribution in [0, 0.1) is 0 Å². The topological polar surface area (TPSA) is 44.8 Å². The maximum absolute atomic E-state index is 11.6. The van der Waals surface area contributed by atoms with Gasteiger partial charge in [-0.05, 0) is 44.8 Å². The predicted octanol–water partition coefficient (Wildman–Crippen LogP) is 3.56. The molecule has 2 aliphatic carbocycles. The molecule has 0 spiro atoms. The van der Waals surface area contributed by atoms with Crippen LogP contribution in [0.1, 0.15) is 45.4 Å². The van der Waals surface area contributed by atoms with Crippen molar-refractivity contribution in [1.29, 1.82) is 0 Å². The summed E-state index contributed by atoms with van der Waals surface area (Å²) in [5.41, 5.74) is 0.364. The number of ether oxygens (including phenoxy) is 3. The number of methoxy groups -OCH3 is 1. The van der Waals surface area contributed by atoms with Gasteiger partial charge in [-0.3, -0.25) is 0 Å². The van der Waals surface area contributed by atoms with Gasteiger partial charge in [0.2, 0.25) is 0 Å². The molecule has 0 atom stereocenters. The molecule has 0 bridgehead atoms. The fourth-order valence-electron chi connectivity index (χ4n) is 2.12. The third-order valence-electron chi connectivity index (χ3n) is 3.24. The van der Waals surface area contributed by atoms with Crippen LogP contribution in [0.4, 0.5) is 0 Å². The van der Waals surface area contributed by atoms with E-state index in [1.165, 1.54) is 7.11 Å². The number of carbonyl (C=O) groups excluding carboxylic acids is 1. The van der Waals surface area contributed by atoms with Crippen LogP contribution in [0.15, 0.2) is 35.2 Å². The molecule has 0 aliphatic heterocycles. The molecule has 0 heterocycles. The average molecular weight is 264 g/mol. The highest BCUT2D eigenvalue weighted by atomic mass is 16.7. The largest absolute Gasteiger partial charge is 0.465 e. The first-order chi connectivity index (χ1) is 9.20. The van der Waals surface area contributed by atoms with E-state index < -0.39 is 5.97 Å². The van der Waals surface area contributed by atoms with Gasteiger partial charge in [-0.1, -0.05) is 0 Å². The fourth-order valence-corrected chi connectivity index (χ4v) is 2.12. The predicted molar refractivity (Wildman–Crippen MR) is 70.8 cm³/mol. The Bertz CT molecular complexity index is 415. The molecule has 4 nitrogen and oxygen atoms in total. The molecule has 2 rings (SSSR count). The summed E-state index contributed by atoms with van der Waals surface area (Å²) in [6.45, 7) is 1.66. The Morgan fingerprint density at radius 3 is 1.95 bits per heavy atom. The number of carbonyl (C=O) groups is 1. The van der Waals surface area contributed by atoms with Crippen molar-refractivity contribution in [3.8, 4) is 0 Å². The van der Waals surface area contributed by atoms with Crippen molar-refractivity contribution in [2.45, 2.75) is 45.4 Å². The Morgan fingerprint density at radius 2 is 1.58 bits per heavy atom. The first-order valence-corrected chi connectivity index (χ1v) is 6.73. The summed E-state index contributed by atoms with van der Waals surface area (Å²) >= 11 is 0. The van der Waals surface area contributed by atoms with Gasteiger partial charge < -0.3 is 14.2 Å². The fraction of sp³-hybridized carbons (Fsp3) is 0.533. The monoisotopic (exact) mass is 264 g/mol. The van der Waals surface area contributed by atoms with Gasteiger partial charge in [-0.15, -0.1) is 0 Å². The highest BCUT2D eigenvalue weighted by molar-refractivity contribution is 5.87. The Morgan fingerprint density at radius 1 is 1.05 bits per heavy atom. The molecule has 0 fully saturated rings. The van der Waals surface area contributed by atoms with Crippen molar-refractivity contribution in [3.05, 3.63) is 35.2 Å². The van der Waals surface area contributed by atoms with Crippen molar-refractivity contribution < 1.29 is 19.0 Å². The first kappa shape index (κ1) is 13.7. The molecule has 0 saturated heterocycles. The summed E-state index contributed by atoms with van der Waals surface area (Å²) < 4.78 is 16.2. The van der Waals surface area contributed by atoms with Gasteiger partial charge in [0.1, 0.15) is 17.1 Å². The molecule has 2 aliphatic rings. The molecular weight excluding hydrogens is 244 g/mol. The minimum atomic E-state index is -0.424. The highest BCUT2D eigenvalue weighted by Crippen LogP contribution is 2.28. The zero-order valence-electron chi connectivity index (χ0n) is 11.5. The van der Waals surface area contributed by atoms with Crippen LogP contribution in [0.5, 0.6) is 0 Å². The molecule has 0 aromatic carbocycles. The van der Waals surface area contributed by atoms with Gasteiger partial charge in [-0.25, -0.2) is 4.79 Å². The third kappa shape index (κ3) is 3.63. The molecule has 0 unspecified atom stereocenters. The summed E-state index contributed by atoms with van der Waals surface area (Å²) in [5.74, 6) is 1.58. The lowest BCUT2D eigenvalue weighted by Crippen LogP contribution is -2.09. The molecule has 104 valence electrons. The lowest BCUT2D eigenvalue weighted by molar-refractivity contribution is -0.136. The molecule has 0 aromatic rings. The van der Waals surface area contributed by atoms with Gasteiger partial charge >= 0.3 is 5.97 Å². The lowest BCUT2D eigenvalue weighted by Gasteiger charge is -2.15. The minimum absolute atomic E-state index is 0.258. The van der Waals surface area contributed by atoms with Crippen molar-refractivity contribution >= 4 is 5.97 Å². The van der Waals surface area contributed by atoms with Crippen LogP contribution in [0.3, 0.4) is 0 Å². The smallest absolute Gasteiger partial charge is 0.340 e. The molecule has 0 saturated carbocycles. The van der Waals surface area contributed by atoms with Crippen LogP contribution in [0.2, 0.25) is 0 Å². The van der Waals surface area contributed by atoms with E-state index in [1.54, 1.807) is 6.92 Å². The van der Waals surface area contributed by atoms with Crippen LogP contribution < -0.4 is 0 Å². The number of esters is 1. The van der Waals surface area contributed by atoms with E-state index in [9.17, 15) is 4.79 Å². The Labute approximate surface area is 113 Å². The first-order valence-electron chi connectivity index (χ1n) is 6.73. The summed E-state index contributed by atoms with van der Waals surface area (Å²) in [7, 11) is 1.35. The molecule has 4 heteroatoms. The maximum Gasteiger partial charge on any atom is 0.340 e. The van der Waals surface area contributed by atoms with E-state index in [2.05, 4.69) is 0 Å². The van der Waals surface area contributed by atoms with Crippen LogP contribution in [-0.4, -0.2) is 13.1 Å². The SMILES string of the molecule is COC(=O)C(C)=C(OC1=CCCC1)OC1=CCCC1. The van der Waals surface area contributed by atoms with Crippen molar-refractivity contribution in [2.75, 3.05) is 7.11 Å². The second-order valence-electron chi connectivity index (χ2n) is 4.73. The van der Waals surface area contributed by atoms with E-state index >= 15 is 0 Å². The zero-order chi connectivity index (χ0) is 13.7. The quantitative estimate of drug-likeness (QED) is 0.432. The zero-order valence-corrected chi connectivity index (χ0v) is 11.5. The second-order valence-corrected chi connectivity index (χ2v) is 4.73. The van der Waals surface area contributed by atoms with E-state index in [0.717, 1.165) is 50.0 Å². The minimum Gasteiger partial charge on any atom is -0.465 e. The molecule has 0 N–H and O–H groups in total. The van der Waals surface area contributed by atoms with E-state index in [-0.39, 0.29) is 5.95 Å². The molecule has 19 heavy (non-hydrogen) atoms. The molecule has 0 aromatic heterocycles. The Kier molecular flexibility index (Phi) is 4.66. The van der Waals surface area contributed by atoms with E-state index in [0.29, 0.717) is 5.57 Å². The lowest BCUT2D eigenvalue weighted by atomic mass is 10.3. The molecule has 0 radical (unpaired) electrons. The standard InChI is InChI=1S/C15H20O4/c1-11(14(16)17-2)15(18-12-7-3-4-8-12)19-13-9-5-6-10-13/h7,9H,3-6,8,10H2,1-2H3. The number of hydrogen-bond donors (Lipinski definition) is 0. The van der Waals surface area contributed by atoms with Gasteiger partial charge in [0, 0.05) is 12.8 Å². The summed E-state index contributed by atoms with van der Waals surface area (Å²) in [5, 5.41) is 0. The van der Waals surface area contributed by atoms with Crippen LogP contribution in [0.25, 0.3) is 0 Å². The summed E-state index contributed by atoms with van der Waals surface area (Å²) in [6.07, 6.45) is 10.1. The number of allylic oxidation sites excluding steroid dienone is 4. The normalized spacial score (nSPS) is 17.6. The van der Waals surface area contributed by atoms with Gasteiger partial charge in [-0.2, -0.15) is 0 Å². The second kappa shape index (κ2) is 6.45. The van der Waals surface area contributed by atoms with Crippen LogP contribution >= 0.6 is 0 Å². The average Bonchev–Trinajstić information content (AvgIpc) is 3.09. The van der Waals surface area contributed by atoms with Crippen molar-refractivity contribution in [3.63, 3.8) is 0 Å². The van der Waals surface area contributed by atoms with E-state index in [1.807, 2.05) is 12.2 Å². The number of hydrogen-bond acceptors (Lipinski definition) is 4.